The van der Waals surface area contributed by atoms with E-state index in [9.17, 15) is 18.8 Å². The summed E-state index contributed by atoms with van der Waals surface area (Å²) < 4.78 is 21.6. The van der Waals surface area contributed by atoms with Crippen molar-refractivity contribution in [1.29, 1.82) is 0 Å². The number of likely N-dealkylation sites (tertiary alicyclic amines) is 1. The third kappa shape index (κ3) is 8.01. The Labute approximate surface area is 233 Å². The summed E-state index contributed by atoms with van der Waals surface area (Å²) in [6.07, 6.45) is 7.20. The third-order valence-electron chi connectivity index (χ3n) is 6.67. The van der Waals surface area contributed by atoms with E-state index in [1.165, 1.54) is 17.8 Å². The van der Waals surface area contributed by atoms with Gasteiger partial charge in [0.1, 0.15) is 5.82 Å². The van der Waals surface area contributed by atoms with Crippen molar-refractivity contribution >= 4 is 47.1 Å². The number of benzene rings is 1. The second kappa shape index (κ2) is 14.1. The molecule has 2 atom stereocenters. The molecule has 2 aliphatic rings. The monoisotopic (exact) mass is 563 g/mol. The quantitative estimate of drug-likeness (QED) is 0.346. The highest BCUT2D eigenvalue weighted by molar-refractivity contribution is 8.14. The van der Waals surface area contributed by atoms with Gasteiger partial charge in [0, 0.05) is 55.9 Å². The van der Waals surface area contributed by atoms with Crippen molar-refractivity contribution in [3.8, 4) is 0 Å². The van der Waals surface area contributed by atoms with Crippen LogP contribution < -0.4 is 0 Å². The van der Waals surface area contributed by atoms with E-state index in [-0.39, 0.29) is 46.3 Å². The number of carbonyl (C=O) groups is 3. The average molecular weight is 564 g/mol. The fourth-order valence-corrected chi connectivity index (χ4v) is 5.70. The summed E-state index contributed by atoms with van der Waals surface area (Å²) in [7, 11) is 0. The number of piperidine rings is 1. The van der Waals surface area contributed by atoms with Gasteiger partial charge in [-0.05, 0) is 56.4 Å². The number of aryl methyl sites for hydroxylation is 1. The molecular weight excluding hydrogens is 529 g/mol. The lowest BCUT2D eigenvalue weighted by Crippen LogP contribution is -2.43. The van der Waals surface area contributed by atoms with Crippen LogP contribution in [0.25, 0.3) is 6.08 Å². The molecule has 1 aromatic heterocycles. The standard InChI is InChI=1S/C28H34FN3O4S.ClH/c1-3-36-26(34)9-6-14-32-16-12-22(30-32)17-21-18-31(15-13-25(21)37-19(2)33)27(28(35)20-10-11-20)23-7-4-5-8-24(23)29;/h4-5,7-8,12,16-17,20,25,27H,3,6,9-11,13-15,18H2,1-2H3;1H/b21-17+;. The van der Waals surface area contributed by atoms with Gasteiger partial charge in [0.05, 0.1) is 18.3 Å². The van der Waals surface area contributed by atoms with Crippen molar-refractivity contribution in [1.82, 2.24) is 14.7 Å². The molecule has 2 aromatic rings. The lowest BCUT2D eigenvalue weighted by Gasteiger charge is -2.38. The van der Waals surface area contributed by atoms with E-state index in [0.717, 1.165) is 24.1 Å². The maximum absolute atomic E-state index is 14.8. The Hall–Kier alpha value is -2.49. The van der Waals surface area contributed by atoms with Crippen LogP contribution in [-0.2, 0) is 25.7 Å². The van der Waals surface area contributed by atoms with Crippen molar-refractivity contribution in [3.63, 3.8) is 0 Å². The van der Waals surface area contributed by atoms with E-state index < -0.39 is 6.04 Å². The number of halogens is 2. The summed E-state index contributed by atoms with van der Waals surface area (Å²) in [5.74, 6) is -0.512. The number of Topliss-reactive ketones (excluding diaryl/α,β-unsaturated/α-hetero) is 1. The minimum Gasteiger partial charge on any atom is -0.466 e. The molecular formula is C28H35ClFN3O4S. The predicted octanol–water partition coefficient (Wildman–Crippen LogP) is 5.25. The maximum Gasteiger partial charge on any atom is 0.305 e. The Morgan fingerprint density at radius 1 is 1.21 bits per heavy atom. The van der Waals surface area contributed by atoms with E-state index >= 15 is 0 Å². The van der Waals surface area contributed by atoms with Gasteiger partial charge in [-0.15, -0.1) is 12.4 Å². The number of hydrogen-bond acceptors (Lipinski definition) is 7. The zero-order chi connectivity index (χ0) is 26.4. The summed E-state index contributed by atoms with van der Waals surface area (Å²) >= 11 is 1.29. The number of thioether (sulfide) groups is 1. The molecule has 1 aromatic carbocycles. The Kier molecular flexibility index (Phi) is 11.1. The molecule has 10 heteroatoms. The highest BCUT2D eigenvalue weighted by Crippen LogP contribution is 2.40. The maximum atomic E-state index is 14.8. The Morgan fingerprint density at radius 2 is 1.97 bits per heavy atom. The highest BCUT2D eigenvalue weighted by atomic mass is 35.5. The number of aromatic nitrogens is 2. The fourth-order valence-electron chi connectivity index (χ4n) is 4.78. The first-order valence-electron chi connectivity index (χ1n) is 12.9. The van der Waals surface area contributed by atoms with Gasteiger partial charge in [-0.1, -0.05) is 30.0 Å². The number of nitrogens with zero attached hydrogens (tertiary/aromatic N) is 3. The first kappa shape index (κ1) is 30.1. The van der Waals surface area contributed by atoms with Crippen molar-refractivity contribution in [2.24, 2.45) is 5.92 Å². The van der Waals surface area contributed by atoms with Crippen LogP contribution in [0.3, 0.4) is 0 Å². The Balaban J connectivity index is 0.00000400. The van der Waals surface area contributed by atoms with Crippen LogP contribution in [0.2, 0.25) is 0 Å². The van der Waals surface area contributed by atoms with E-state index in [4.69, 9.17) is 4.74 Å². The molecule has 2 unspecified atom stereocenters. The van der Waals surface area contributed by atoms with Crippen LogP contribution in [0.15, 0.2) is 42.1 Å². The van der Waals surface area contributed by atoms with Crippen molar-refractivity contribution in [2.75, 3.05) is 19.7 Å². The molecule has 2 heterocycles. The molecule has 38 heavy (non-hydrogen) atoms. The second-order valence-electron chi connectivity index (χ2n) is 9.59. The second-order valence-corrected chi connectivity index (χ2v) is 11.0. The molecule has 7 nitrogen and oxygen atoms in total. The van der Waals surface area contributed by atoms with Gasteiger partial charge in [-0.2, -0.15) is 5.10 Å². The molecule has 0 bridgehead atoms. The molecule has 1 aliphatic carbocycles. The minimum atomic E-state index is -0.638. The first-order valence-corrected chi connectivity index (χ1v) is 13.8. The third-order valence-corrected chi connectivity index (χ3v) is 7.82. The molecule has 1 saturated heterocycles. The smallest absolute Gasteiger partial charge is 0.305 e. The lowest BCUT2D eigenvalue weighted by atomic mass is 9.93. The predicted molar refractivity (Wildman–Crippen MR) is 148 cm³/mol. The summed E-state index contributed by atoms with van der Waals surface area (Å²) in [5.41, 5.74) is 2.16. The van der Waals surface area contributed by atoms with Gasteiger partial charge < -0.3 is 4.74 Å². The Bertz CT molecular complexity index is 1170. The van der Waals surface area contributed by atoms with Crippen LogP contribution >= 0.6 is 24.2 Å². The normalized spacial score (nSPS) is 19.6. The van der Waals surface area contributed by atoms with Crippen molar-refractivity contribution in [2.45, 2.75) is 63.8 Å². The number of ketones is 1. The van der Waals surface area contributed by atoms with Crippen LogP contribution in [0, 0.1) is 11.7 Å². The topological polar surface area (TPSA) is 81.5 Å². The van der Waals surface area contributed by atoms with E-state index in [2.05, 4.69) is 10.00 Å². The van der Waals surface area contributed by atoms with Gasteiger partial charge in [-0.3, -0.25) is 24.0 Å². The molecule has 0 N–H and O–H groups in total. The van der Waals surface area contributed by atoms with Gasteiger partial charge in [-0.25, -0.2) is 4.39 Å². The van der Waals surface area contributed by atoms with E-state index in [0.29, 0.717) is 51.1 Å². The summed E-state index contributed by atoms with van der Waals surface area (Å²) in [6.45, 7) is 5.37. The first-order chi connectivity index (χ1) is 17.9. The van der Waals surface area contributed by atoms with Crippen LogP contribution in [0.5, 0.6) is 0 Å². The van der Waals surface area contributed by atoms with Crippen molar-refractivity contribution < 1.29 is 23.5 Å². The largest absolute Gasteiger partial charge is 0.466 e. The van der Waals surface area contributed by atoms with Gasteiger partial charge in [0.2, 0.25) is 0 Å². The molecule has 2 fully saturated rings. The zero-order valence-electron chi connectivity index (χ0n) is 21.8. The molecule has 4 rings (SSSR count). The van der Waals surface area contributed by atoms with Gasteiger partial charge in [0.25, 0.3) is 0 Å². The van der Waals surface area contributed by atoms with Gasteiger partial charge >= 0.3 is 5.97 Å². The highest BCUT2D eigenvalue weighted by Gasteiger charge is 2.41. The number of carbonyl (C=O) groups excluding carboxylic acids is 3. The van der Waals surface area contributed by atoms with E-state index in [1.54, 1.807) is 36.7 Å². The average Bonchev–Trinajstić information content (AvgIpc) is 3.62. The fraction of sp³-hybridized carbons (Fsp3) is 0.500. The molecule has 206 valence electrons. The minimum absolute atomic E-state index is 0. The Morgan fingerprint density at radius 3 is 2.66 bits per heavy atom. The number of rotatable bonds is 11. The number of ether oxygens (including phenoxy) is 1. The van der Waals surface area contributed by atoms with Gasteiger partial charge in [0.15, 0.2) is 10.9 Å². The summed E-state index contributed by atoms with van der Waals surface area (Å²) in [4.78, 5) is 39.0. The van der Waals surface area contributed by atoms with Crippen LogP contribution in [-0.4, -0.2) is 56.5 Å². The summed E-state index contributed by atoms with van der Waals surface area (Å²) in [6, 6.07) is 7.79. The number of esters is 1. The van der Waals surface area contributed by atoms with Crippen LogP contribution in [0.1, 0.15) is 63.3 Å². The zero-order valence-corrected chi connectivity index (χ0v) is 23.4. The van der Waals surface area contributed by atoms with Crippen molar-refractivity contribution in [3.05, 3.63) is 59.2 Å². The van der Waals surface area contributed by atoms with E-state index in [1.807, 2.05) is 18.3 Å². The molecule has 0 radical (unpaired) electrons. The molecule has 1 saturated carbocycles. The summed E-state index contributed by atoms with van der Waals surface area (Å²) in [5, 5.41) is 4.63. The molecule has 0 amide bonds. The SMILES string of the molecule is CCOC(=O)CCCn1ccc(/C=C2\CN(C(C(=O)C3CC3)c3ccccc3F)CCC2SC(C)=O)n1.Cl. The molecule has 1 aliphatic heterocycles. The number of hydrogen-bond donors (Lipinski definition) is 0. The molecule has 0 spiro atoms. The lowest BCUT2D eigenvalue weighted by molar-refractivity contribution is -0.143. The van der Waals surface area contributed by atoms with Crippen LogP contribution in [0.4, 0.5) is 4.39 Å².